The van der Waals surface area contributed by atoms with Gasteiger partial charge in [0.25, 0.3) is 5.91 Å². The minimum atomic E-state index is -0.141. The standard InChI is InChI=1S/C21H26N2O2/c1-21(2,3)17-10-8-16(9-11-17)20(25)22-18-12-6-15(7-13-18)14-19(24)23(4)5/h6-13H,14H2,1-5H3,(H,22,25). The molecule has 0 atom stereocenters. The van der Waals surface area contributed by atoms with Gasteiger partial charge in [-0.1, -0.05) is 45.0 Å². The lowest BCUT2D eigenvalue weighted by Gasteiger charge is -2.19. The predicted octanol–water partition coefficient (Wildman–Crippen LogP) is 3.87. The van der Waals surface area contributed by atoms with Crippen LogP contribution in [0.15, 0.2) is 48.5 Å². The van der Waals surface area contributed by atoms with Crippen molar-refractivity contribution in [2.45, 2.75) is 32.6 Å². The minimum Gasteiger partial charge on any atom is -0.349 e. The first-order valence-corrected chi connectivity index (χ1v) is 8.38. The van der Waals surface area contributed by atoms with Crippen LogP contribution in [-0.2, 0) is 16.6 Å². The van der Waals surface area contributed by atoms with Crippen molar-refractivity contribution in [2.75, 3.05) is 19.4 Å². The van der Waals surface area contributed by atoms with Crippen molar-refractivity contribution in [3.63, 3.8) is 0 Å². The van der Waals surface area contributed by atoms with Crippen molar-refractivity contribution in [1.82, 2.24) is 4.90 Å². The lowest BCUT2D eigenvalue weighted by molar-refractivity contribution is -0.127. The van der Waals surface area contributed by atoms with Crippen molar-refractivity contribution in [3.8, 4) is 0 Å². The van der Waals surface area contributed by atoms with Gasteiger partial charge in [-0.3, -0.25) is 9.59 Å². The first-order chi connectivity index (χ1) is 11.7. The maximum absolute atomic E-state index is 12.4. The summed E-state index contributed by atoms with van der Waals surface area (Å²) in [6.45, 7) is 6.43. The van der Waals surface area contributed by atoms with Crippen LogP contribution in [0.3, 0.4) is 0 Å². The zero-order chi connectivity index (χ0) is 18.6. The van der Waals surface area contributed by atoms with Crippen molar-refractivity contribution in [3.05, 3.63) is 65.2 Å². The Balaban J connectivity index is 2.02. The quantitative estimate of drug-likeness (QED) is 0.920. The predicted molar refractivity (Wildman–Crippen MR) is 102 cm³/mol. The van der Waals surface area contributed by atoms with Crippen LogP contribution in [-0.4, -0.2) is 30.8 Å². The van der Waals surface area contributed by atoms with Gasteiger partial charge in [0.2, 0.25) is 5.91 Å². The largest absolute Gasteiger partial charge is 0.349 e. The summed E-state index contributed by atoms with van der Waals surface area (Å²) >= 11 is 0. The molecule has 0 saturated carbocycles. The molecule has 132 valence electrons. The Labute approximate surface area is 149 Å². The number of likely N-dealkylation sites (N-methyl/N-ethyl adjacent to an activating group) is 1. The van der Waals surface area contributed by atoms with E-state index in [1.54, 1.807) is 19.0 Å². The Bertz CT molecular complexity index is 739. The number of hydrogen-bond acceptors (Lipinski definition) is 2. The summed E-state index contributed by atoms with van der Waals surface area (Å²) < 4.78 is 0. The SMILES string of the molecule is CN(C)C(=O)Cc1ccc(NC(=O)c2ccc(C(C)(C)C)cc2)cc1. The topological polar surface area (TPSA) is 49.4 Å². The maximum Gasteiger partial charge on any atom is 0.255 e. The molecule has 0 unspecified atom stereocenters. The molecule has 0 saturated heterocycles. The van der Waals surface area contributed by atoms with E-state index in [1.165, 1.54) is 5.56 Å². The third kappa shape index (κ3) is 5.18. The molecule has 1 N–H and O–H groups in total. The first kappa shape index (κ1) is 18.7. The smallest absolute Gasteiger partial charge is 0.255 e. The minimum absolute atomic E-state index is 0.0516. The summed E-state index contributed by atoms with van der Waals surface area (Å²) in [5, 5.41) is 2.89. The van der Waals surface area contributed by atoms with Crippen LogP contribution < -0.4 is 5.32 Å². The third-order valence-electron chi connectivity index (χ3n) is 4.08. The summed E-state index contributed by atoms with van der Waals surface area (Å²) in [5.41, 5.74) is 3.52. The number of amides is 2. The highest BCUT2D eigenvalue weighted by Gasteiger charge is 2.14. The van der Waals surface area contributed by atoms with Crippen LogP contribution in [0.4, 0.5) is 5.69 Å². The Morgan fingerprint density at radius 2 is 1.48 bits per heavy atom. The van der Waals surface area contributed by atoms with Crippen molar-refractivity contribution in [2.24, 2.45) is 0 Å². The van der Waals surface area contributed by atoms with Crippen molar-refractivity contribution < 1.29 is 9.59 Å². The number of hydrogen-bond donors (Lipinski definition) is 1. The van der Waals surface area contributed by atoms with E-state index in [0.29, 0.717) is 17.7 Å². The number of rotatable bonds is 4. The molecule has 0 bridgehead atoms. The van der Waals surface area contributed by atoms with Gasteiger partial charge in [-0.15, -0.1) is 0 Å². The molecule has 0 aliphatic rings. The molecule has 0 aliphatic heterocycles. The zero-order valence-corrected chi connectivity index (χ0v) is 15.6. The average Bonchev–Trinajstić information content (AvgIpc) is 2.55. The molecule has 2 aromatic carbocycles. The van der Waals surface area contributed by atoms with E-state index in [4.69, 9.17) is 0 Å². The lowest BCUT2D eigenvalue weighted by atomic mass is 9.87. The molecular formula is C21H26N2O2. The van der Waals surface area contributed by atoms with E-state index in [9.17, 15) is 9.59 Å². The molecule has 2 aromatic rings. The number of carbonyl (C=O) groups is 2. The van der Waals surface area contributed by atoms with Crippen LogP contribution in [0, 0.1) is 0 Å². The van der Waals surface area contributed by atoms with Gasteiger partial charge >= 0.3 is 0 Å². The Morgan fingerprint density at radius 3 is 1.96 bits per heavy atom. The van der Waals surface area contributed by atoms with E-state index in [2.05, 4.69) is 26.1 Å². The van der Waals surface area contributed by atoms with Gasteiger partial charge in [-0.2, -0.15) is 0 Å². The molecule has 4 nitrogen and oxygen atoms in total. The third-order valence-corrected chi connectivity index (χ3v) is 4.08. The van der Waals surface area contributed by atoms with Gasteiger partial charge in [0, 0.05) is 25.3 Å². The van der Waals surface area contributed by atoms with Crippen LogP contribution in [0.25, 0.3) is 0 Å². The lowest BCUT2D eigenvalue weighted by Crippen LogP contribution is -2.23. The summed E-state index contributed by atoms with van der Waals surface area (Å²) in [5.74, 6) is -0.0895. The highest BCUT2D eigenvalue weighted by molar-refractivity contribution is 6.04. The molecule has 0 aliphatic carbocycles. The fourth-order valence-corrected chi connectivity index (χ4v) is 2.36. The van der Waals surface area contributed by atoms with E-state index in [0.717, 1.165) is 5.56 Å². The monoisotopic (exact) mass is 338 g/mol. The fraction of sp³-hybridized carbons (Fsp3) is 0.333. The van der Waals surface area contributed by atoms with Gasteiger partial charge in [-0.25, -0.2) is 0 Å². The molecule has 0 aromatic heterocycles. The molecule has 2 amide bonds. The molecular weight excluding hydrogens is 312 g/mol. The number of nitrogens with one attached hydrogen (secondary N) is 1. The van der Waals surface area contributed by atoms with Gasteiger partial charge < -0.3 is 10.2 Å². The first-order valence-electron chi connectivity index (χ1n) is 8.38. The number of anilines is 1. The summed E-state index contributed by atoms with van der Waals surface area (Å²) in [4.78, 5) is 25.6. The Kier molecular flexibility index (Phi) is 5.62. The summed E-state index contributed by atoms with van der Waals surface area (Å²) in [6, 6.07) is 15.0. The van der Waals surface area contributed by atoms with E-state index in [1.807, 2.05) is 48.5 Å². The average molecular weight is 338 g/mol. The maximum atomic E-state index is 12.4. The van der Waals surface area contributed by atoms with Gasteiger partial charge in [0.15, 0.2) is 0 Å². The van der Waals surface area contributed by atoms with Crippen LogP contribution in [0.2, 0.25) is 0 Å². The van der Waals surface area contributed by atoms with Crippen LogP contribution >= 0.6 is 0 Å². The van der Waals surface area contributed by atoms with Gasteiger partial charge in [-0.05, 0) is 40.8 Å². The van der Waals surface area contributed by atoms with E-state index < -0.39 is 0 Å². The van der Waals surface area contributed by atoms with Crippen molar-refractivity contribution in [1.29, 1.82) is 0 Å². The highest BCUT2D eigenvalue weighted by atomic mass is 16.2. The summed E-state index contributed by atoms with van der Waals surface area (Å²) in [7, 11) is 3.48. The molecule has 2 rings (SSSR count). The zero-order valence-electron chi connectivity index (χ0n) is 15.6. The molecule has 0 radical (unpaired) electrons. The fourth-order valence-electron chi connectivity index (χ4n) is 2.36. The number of carbonyl (C=O) groups excluding carboxylic acids is 2. The molecule has 0 heterocycles. The second-order valence-electron chi connectivity index (χ2n) is 7.44. The Morgan fingerprint density at radius 1 is 0.920 bits per heavy atom. The Hall–Kier alpha value is -2.62. The second-order valence-corrected chi connectivity index (χ2v) is 7.44. The molecule has 25 heavy (non-hydrogen) atoms. The van der Waals surface area contributed by atoms with Crippen LogP contribution in [0.1, 0.15) is 42.3 Å². The summed E-state index contributed by atoms with van der Waals surface area (Å²) in [6.07, 6.45) is 0.357. The number of benzene rings is 2. The van der Waals surface area contributed by atoms with E-state index in [-0.39, 0.29) is 17.2 Å². The molecule has 0 spiro atoms. The second kappa shape index (κ2) is 7.51. The van der Waals surface area contributed by atoms with E-state index >= 15 is 0 Å². The van der Waals surface area contributed by atoms with Crippen molar-refractivity contribution >= 4 is 17.5 Å². The molecule has 0 fully saturated rings. The molecule has 4 heteroatoms. The normalized spacial score (nSPS) is 11.1. The van der Waals surface area contributed by atoms with Gasteiger partial charge in [0.05, 0.1) is 6.42 Å². The highest BCUT2D eigenvalue weighted by Crippen LogP contribution is 2.22. The number of nitrogens with zero attached hydrogens (tertiary/aromatic N) is 1. The van der Waals surface area contributed by atoms with Crippen LogP contribution in [0.5, 0.6) is 0 Å². The van der Waals surface area contributed by atoms with Gasteiger partial charge in [0.1, 0.15) is 0 Å².